The van der Waals surface area contributed by atoms with Crippen LogP contribution in [0.15, 0.2) is 23.1 Å². The molecule has 2 aliphatic rings. The van der Waals surface area contributed by atoms with Crippen molar-refractivity contribution >= 4 is 23.6 Å². The molecular weight excluding hydrogens is 376 g/mol. The van der Waals surface area contributed by atoms with Gasteiger partial charge in [0.2, 0.25) is 11.9 Å². The number of anilines is 1. The number of thioether (sulfide) groups is 1. The van der Waals surface area contributed by atoms with Gasteiger partial charge in [0.05, 0.1) is 11.2 Å². The van der Waals surface area contributed by atoms with Gasteiger partial charge >= 0.3 is 0 Å². The largest absolute Gasteiger partial charge is 0.368 e. The third-order valence-electron chi connectivity index (χ3n) is 5.03. The van der Waals surface area contributed by atoms with Crippen molar-refractivity contribution in [3.05, 3.63) is 28.9 Å². The summed E-state index contributed by atoms with van der Waals surface area (Å²) in [5, 5.41) is 22.3. The van der Waals surface area contributed by atoms with E-state index in [1.54, 1.807) is 11.8 Å². The maximum Gasteiger partial charge on any atom is 0.231 e. The number of nitrogen functional groups attached to an aromatic ring is 1. The number of carbonyl (C=O) groups is 1. The second-order valence-electron chi connectivity index (χ2n) is 7.57. The second-order valence-corrected chi connectivity index (χ2v) is 8.82. The lowest BCUT2D eigenvalue weighted by Gasteiger charge is -2.35. The Morgan fingerprint density at radius 3 is 2.57 bits per heavy atom. The molecule has 2 atom stereocenters. The van der Waals surface area contributed by atoms with E-state index in [2.05, 4.69) is 35.6 Å². The van der Waals surface area contributed by atoms with Gasteiger partial charge in [-0.05, 0) is 49.9 Å². The van der Waals surface area contributed by atoms with Gasteiger partial charge in [-0.2, -0.15) is 0 Å². The smallest absolute Gasteiger partial charge is 0.231 e. The first kappa shape index (κ1) is 20.9. The van der Waals surface area contributed by atoms with Gasteiger partial charge in [-0.3, -0.25) is 19.6 Å². The summed E-state index contributed by atoms with van der Waals surface area (Å²) < 4.78 is 1.42. The van der Waals surface area contributed by atoms with Crippen molar-refractivity contribution in [2.45, 2.75) is 64.9 Å². The number of rotatable bonds is 11. The molecule has 0 saturated heterocycles. The normalized spacial score (nSPS) is 18.5. The highest BCUT2D eigenvalue weighted by Crippen LogP contribution is 2.42. The third-order valence-corrected chi connectivity index (χ3v) is 5.95. The molecule has 0 spiro atoms. The highest BCUT2D eigenvalue weighted by Gasteiger charge is 2.44. The number of aliphatic hydroxyl groups is 1. The van der Waals surface area contributed by atoms with E-state index in [0.717, 1.165) is 43.4 Å². The van der Waals surface area contributed by atoms with Gasteiger partial charge in [0.1, 0.15) is 5.82 Å². The molecule has 1 aromatic heterocycles. The number of allylic oxidation sites excluding steroid dienone is 1. The minimum absolute atomic E-state index is 0.0405. The number of nitrogens with two attached hydrogens (primary N) is 1. The molecule has 2 aliphatic carbocycles. The summed E-state index contributed by atoms with van der Waals surface area (Å²) in [6.07, 6.45) is 4.15. The van der Waals surface area contributed by atoms with Crippen LogP contribution in [-0.4, -0.2) is 36.8 Å². The molecule has 9 heteroatoms. The zero-order chi connectivity index (χ0) is 20.4. The molecule has 2 unspecified atom stereocenters. The molecule has 0 aromatic carbocycles. The number of aryl methyl sites for hydroxylation is 1. The lowest BCUT2D eigenvalue weighted by atomic mass is 10.2. The van der Waals surface area contributed by atoms with Crippen LogP contribution < -0.4 is 11.1 Å². The van der Waals surface area contributed by atoms with E-state index >= 15 is 0 Å². The summed E-state index contributed by atoms with van der Waals surface area (Å²) in [5.41, 5.74) is 5.84. The standard InChI is InChI=1S/C19H30N6O2S/c1-5-6-11(2)28-13(4)25(17(26)15-9-10-15)16(14-7-8-14)21-19(27)24-12(3)22-23-18(24)20/h14-16,19,21,27H,2,4-10H2,1,3H3,(H2,20,23). The van der Waals surface area contributed by atoms with Crippen molar-refractivity contribution in [3.8, 4) is 0 Å². The Labute approximate surface area is 170 Å². The molecule has 4 N–H and O–H groups in total. The van der Waals surface area contributed by atoms with Crippen molar-refractivity contribution in [2.24, 2.45) is 11.8 Å². The van der Waals surface area contributed by atoms with E-state index in [9.17, 15) is 9.90 Å². The molecule has 8 nitrogen and oxygen atoms in total. The highest BCUT2D eigenvalue weighted by molar-refractivity contribution is 8.06. The summed E-state index contributed by atoms with van der Waals surface area (Å²) in [4.78, 5) is 15.8. The van der Waals surface area contributed by atoms with Crippen molar-refractivity contribution in [2.75, 3.05) is 5.73 Å². The number of aromatic nitrogens is 3. The SMILES string of the molecule is C=C(CCC)SC(=C)N(C(=O)C1CC1)C(NC(O)n1c(C)nnc1N)C1CC1. The molecule has 2 fully saturated rings. The summed E-state index contributed by atoms with van der Waals surface area (Å²) in [6, 6.07) is 0. The van der Waals surface area contributed by atoms with Crippen LogP contribution >= 0.6 is 11.8 Å². The molecule has 1 heterocycles. The predicted octanol–water partition coefficient (Wildman–Crippen LogP) is 2.70. The van der Waals surface area contributed by atoms with Gasteiger partial charge in [-0.15, -0.1) is 10.2 Å². The number of hydrogen-bond acceptors (Lipinski definition) is 7. The van der Waals surface area contributed by atoms with Crippen LogP contribution in [0.3, 0.4) is 0 Å². The fraction of sp³-hybridized carbons (Fsp3) is 0.632. The molecule has 1 amide bonds. The Morgan fingerprint density at radius 2 is 2.07 bits per heavy atom. The molecule has 0 radical (unpaired) electrons. The van der Waals surface area contributed by atoms with Crippen molar-refractivity contribution in [1.29, 1.82) is 0 Å². The average Bonchev–Trinajstić information content (AvgIpc) is 3.53. The van der Waals surface area contributed by atoms with Crippen molar-refractivity contribution in [3.63, 3.8) is 0 Å². The average molecular weight is 407 g/mol. The monoisotopic (exact) mass is 406 g/mol. The molecule has 28 heavy (non-hydrogen) atoms. The summed E-state index contributed by atoms with van der Waals surface area (Å²) in [6.45, 7) is 12.1. The lowest BCUT2D eigenvalue weighted by Crippen LogP contribution is -2.51. The molecule has 2 saturated carbocycles. The minimum Gasteiger partial charge on any atom is -0.368 e. The van der Waals surface area contributed by atoms with Crippen LogP contribution in [0.1, 0.15) is 57.6 Å². The number of hydrogen-bond donors (Lipinski definition) is 3. The maximum atomic E-state index is 13.1. The van der Waals surface area contributed by atoms with E-state index in [4.69, 9.17) is 5.73 Å². The highest BCUT2D eigenvalue weighted by atomic mass is 32.2. The van der Waals surface area contributed by atoms with Gasteiger partial charge < -0.3 is 10.8 Å². The Hall–Kier alpha value is -1.84. The summed E-state index contributed by atoms with van der Waals surface area (Å²) in [7, 11) is 0. The number of carbonyl (C=O) groups excluding carboxylic acids is 1. The Kier molecular flexibility index (Phi) is 6.47. The van der Waals surface area contributed by atoms with Crippen LogP contribution in [0.5, 0.6) is 0 Å². The molecule has 3 rings (SSSR count). The molecular formula is C19H30N6O2S. The summed E-state index contributed by atoms with van der Waals surface area (Å²) >= 11 is 1.45. The van der Waals surface area contributed by atoms with Gasteiger partial charge in [-0.1, -0.05) is 38.3 Å². The fourth-order valence-corrected chi connectivity index (χ4v) is 4.18. The summed E-state index contributed by atoms with van der Waals surface area (Å²) in [5.74, 6) is 0.978. The third kappa shape index (κ3) is 4.76. The maximum absolute atomic E-state index is 13.1. The van der Waals surface area contributed by atoms with E-state index in [1.165, 1.54) is 16.3 Å². The molecule has 0 aliphatic heterocycles. The zero-order valence-electron chi connectivity index (χ0n) is 16.6. The fourth-order valence-electron chi connectivity index (χ4n) is 3.24. The van der Waals surface area contributed by atoms with E-state index in [-0.39, 0.29) is 29.9 Å². The lowest BCUT2D eigenvalue weighted by molar-refractivity contribution is -0.134. The van der Waals surface area contributed by atoms with Crippen molar-refractivity contribution in [1.82, 2.24) is 25.0 Å². The molecule has 0 bridgehead atoms. The predicted molar refractivity (Wildman–Crippen MR) is 110 cm³/mol. The van der Waals surface area contributed by atoms with Gasteiger partial charge in [0.25, 0.3) is 0 Å². The first-order chi connectivity index (χ1) is 13.3. The Morgan fingerprint density at radius 1 is 1.39 bits per heavy atom. The molecule has 154 valence electrons. The quantitative estimate of drug-likeness (QED) is 0.485. The topological polar surface area (TPSA) is 109 Å². The number of nitrogens with one attached hydrogen (secondary N) is 1. The van der Waals surface area contributed by atoms with Crippen LogP contribution in [0.4, 0.5) is 5.95 Å². The van der Waals surface area contributed by atoms with Gasteiger partial charge in [-0.25, -0.2) is 0 Å². The second kappa shape index (κ2) is 8.67. The zero-order valence-corrected chi connectivity index (χ0v) is 17.4. The first-order valence-electron chi connectivity index (χ1n) is 9.82. The first-order valence-corrected chi connectivity index (χ1v) is 10.6. The van der Waals surface area contributed by atoms with Crippen LogP contribution in [-0.2, 0) is 4.79 Å². The van der Waals surface area contributed by atoms with Crippen LogP contribution in [0, 0.1) is 18.8 Å². The minimum atomic E-state index is -1.13. The van der Waals surface area contributed by atoms with Crippen LogP contribution in [0.25, 0.3) is 0 Å². The molecule has 1 aromatic rings. The Balaban J connectivity index is 1.81. The van der Waals surface area contributed by atoms with Crippen molar-refractivity contribution < 1.29 is 9.90 Å². The Bertz CT molecular complexity index is 736. The van der Waals surface area contributed by atoms with E-state index in [1.807, 2.05) is 0 Å². The van der Waals surface area contributed by atoms with Crippen LogP contribution in [0.2, 0.25) is 0 Å². The number of nitrogens with zero attached hydrogens (tertiary/aromatic N) is 4. The van der Waals surface area contributed by atoms with E-state index in [0.29, 0.717) is 10.9 Å². The van der Waals surface area contributed by atoms with Gasteiger partial charge in [0.15, 0.2) is 6.35 Å². The number of aliphatic hydroxyl groups excluding tert-OH is 1. The van der Waals surface area contributed by atoms with Gasteiger partial charge in [0, 0.05) is 5.92 Å². The number of amides is 1. The van der Waals surface area contributed by atoms with E-state index < -0.39 is 6.35 Å².